The maximum atomic E-state index is 11.5. The molecule has 5 heteroatoms. The Labute approximate surface area is 126 Å². The van der Waals surface area contributed by atoms with Crippen LogP contribution in [0.15, 0.2) is 12.3 Å². The van der Waals surface area contributed by atoms with E-state index >= 15 is 0 Å². The summed E-state index contributed by atoms with van der Waals surface area (Å²) in [5.74, 6) is 0.523. The third kappa shape index (κ3) is 4.30. The molecule has 2 saturated carbocycles. The molecule has 1 heterocycles. The Morgan fingerprint density at radius 1 is 1.19 bits per heavy atom. The molecule has 0 atom stereocenters. The highest BCUT2D eigenvalue weighted by Gasteiger charge is 2.28. The number of hydrogen-bond donors (Lipinski definition) is 2. The van der Waals surface area contributed by atoms with Crippen molar-refractivity contribution in [3.63, 3.8) is 0 Å². The first-order valence-corrected chi connectivity index (χ1v) is 8.35. The minimum Gasteiger partial charge on any atom is -0.355 e. The molecule has 5 nitrogen and oxygen atoms in total. The van der Waals surface area contributed by atoms with Gasteiger partial charge in [-0.05, 0) is 31.7 Å². The Morgan fingerprint density at radius 2 is 2.00 bits per heavy atom. The standard InChI is InChI=1S/C16H26N4O/c21-16(13-6-7-13)18-10-9-17-12-14-8-11-20(19-14)15-4-2-1-3-5-15/h8,11,13,15,17H,1-7,9-10,12H2,(H,18,21). The van der Waals surface area contributed by atoms with E-state index < -0.39 is 0 Å². The summed E-state index contributed by atoms with van der Waals surface area (Å²) < 4.78 is 2.14. The van der Waals surface area contributed by atoms with Gasteiger partial charge in [-0.25, -0.2) is 0 Å². The zero-order valence-corrected chi connectivity index (χ0v) is 12.7. The lowest BCUT2D eigenvalue weighted by atomic mass is 9.96. The van der Waals surface area contributed by atoms with Crippen LogP contribution in [0.25, 0.3) is 0 Å². The second kappa shape index (κ2) is 7.07. The average molecular weight is 290 g/mol. The summed E-state index contributed by atoms with van der Waals surface area (Å²) in [5, 5.41) is 11.0. The fourth-order valence-electron chi connectivity index (χ4n) is 3.00. The molecule has 1 aromatic rings. The van der Waals surface area contributed by atoms with E-state index in [1.54, 1.807) is 0 Å². The Morgan fingerprint density at radius 3 is 2.76 bits per heavy atom. The fourth-order valence-corrected chi connectivity index (χ4v) is 3.00. The van der Waals surface area contributed by atoms with Crippen LogP contribution in [0.2, 0.25) is 0 Å². The molecule has 0 unspecified atom stereocenters. The quantitative estimate of drug-likeness (QED) is 0.755. The summed E-state index contributed by atoms with van der Waals surface area (Å²) in [4.78, 5) is 11.5. The minimum absolute atomic E-state index is 0.221. The lowest BCUT2D eigenvalue weighted by molar-refractivity contribution is -0.122. The van der Waals surface area contributed by atoms with Gasteiger partial charge in [-0.1, -0.05) is 19.3 Å². The van der Waals surface area contributed by atoms with E-state index in [0.29, 0.717) is 18.5 Å². The van der Waals surface area contributed by atoms with Gasteiger partial charge in [0.1, 0.15) is 0 Å². The second-order valence-electron chi connectivity index (χ2n) is 6.32. The van der Waals surface area contributed by atoms with Crippen molar-refractivity contribution >= 4 is 5.91 Å². The summed E-state index contributed by atoms with van der Waals surface area (Å²) in [6.45, 7) is 2.28. The maximum Gasteiger partial charge on any atom is 0.223 e. The summed E-state index contributed by atoms with van der Waals surface area (Å²) >= 11 is 0. The number of nitrogens with zero attached hydrogens (tertiary/aromatic N) is 2. The number of carbonyl (C=O) groups is 1. The number of hydrogen-bond acceptors (Lipinski definition) is 3. The Hall–Kier alpha value is -1.36. The first-order valence-electron chi connectivity index (χ1n) is 8.35. The third-order valence-corrected chi connectivity index (χ3v) is 4.47. The van der Waals surface area contributed by atoms with Gasteiger partial charge in [0.05, 0.1) is 11.7 Å². The predicted molar refractivity (Wildman–Crippen MR) is 81.8 cm³/mol. The van der Waals surface area contributed by atoms with Crippen LogP contribution in [0.3, 0.4) is 0 Å². The van der Waals surface area contributed by atoms with Crippen molar-refractivity contribution in [1.29, 1.82) is 0 Å². The topological polar surface area (TPSA) is 59.0 Å². The molecule has 1 aromatic heterocycles. The molecule has 2 fully saturated rings. The van der Waals surface area contributed by atoms with Crippen molar-refractivity contribution in [2.75, 3.05) is 13.1 Å². The number of nitrogens with one attached hydrogen (secondary N) is 2. The molecule has 3 rings (SSSR count). The molecule has 116 valence electrons. The second-order valence-corrected chi connectivity index (χ2v) is 6.32. The van der Waals surface area contributed by atoms with E-state index in [9.17, 15) is 4.79 Å². The molecular formula is C16H26N4O. The Kier molecular flexibility index (Phi) is 4.91. The molecule has 0 radical (unpaired) electrons. The van der Waals surface area contributed by atoms with Crippen LogP contribution < -0.4 is 10.6 Å². The molecule has 2 aliphatic carbocycles. The molecular weight excluding hydrogens is 264 g/mol. The molecule has 2 aliphatic rings. The van der Waals surface area contributed by atoms with Crippen molar-refractivity contribution in [3.05, 3.63) is 18.0 Å². The van der Waals surface area contributed by atoms with Crippen LogP contribution in [0, 0.1) is 5.92 Å². The molecule has 1 amide bonds. The summed E-state index contributed by atoms with van der Waals surface area (Å²) in [6, 6.07) is 2.70. The number of aromatic nitrogens is 2. The molecule has 2 N–H and O–H groups in total. The van der Waals surface area contributed by atoms with Gasteiger partial charge in [-0.3, -0.25) is 9.48 Å². The van der Waals surface area contributed by atoms with Gasteiger partial charge < -0.3 is 10.6 Å². The zero-order chi connectivity index (χ0) is 14.5. The monoisotopic (exact) mass is 290 g/mol. The van der Waals surface area contributed by atoms with Gasteiger partial charge in [0.25, 0.3) is 0 Å². The van der Waals surface area contributed by atoms with E-state index in [0.717, 1.165) is 31.6 Å². The van der Waals surface area contributed by atoms with E-state index in [1.807, 2.05) is 0 Å². The summed E-state index contributed by atoms with van der Waals surface area (Å²) in [5.41, 5.74) is 1.09. The fraction of sp³-hybridized carbons (Fsp3) is 0.750. The zero-order valence-electron chi connectivity index (χ0n) is 12.7. The highest BCUT2D eigenvalue weighted by molar-refractivity contribution is 5.80. The first kappa shape index (κ1) is 14.6. The van der Waals surface area contributed by atoms with Crippen LogP contribution in [-0.2, 0) is 11.3 Å². The van der Waals surface area contributed by atoms with Gasteiger partial charge in [0, 0.05) is 31.7 Å². The smallest absolute Gasteiger partial charge is 0.223 e. The maximum absolute atomic E-state index is 11.5. The Bertz CT molecular complexity index is 461. The van der Waals surface area contributed by atoms with Gasteiger partial charge in [-0.15, -0.1) is 0 Å². The van der Waals surface area contributed by atoms with Crippen LogP contribution in [0.5, 0.6) is 0 Å². The predicted octanol–water partition coefficient (Wildman–Crippen LogP) is 2.00. The number of amides is 1. The molecule has 0 bridgehead atoms. The third-order valence-electron chi connectivity index (χ3n) is 4.47. The van der Waals surface area contributed by atoms with E-state index in [2.05, 4.69) is 32.7 Å². The lowest BCUT2D eigenvalue weighted by Gasteiger charge is -2.21. The van der Waals surface area contributed by atoms with Crippen molar-refractivity contribution in [2.45, 2.75) is 57.5 Å². The molecule has 0 aliphatic heterocycles. The highest BCUT2D eigenvalue weighted by atomic mass is 16.2. The van der Waals surface area contributed by atoms with Crippen LogP contribution in [0.1, 0.15) is 56.7 Å². The number of rotatable bonds is 7. The van der Waals surface area contributed by atoms with Gasteiger partial charge in [-0.2, -0.15) is 5.10 Å². The molecule has 0 spiro atoms. The van der Waals surface area contributed by atoms with Crippen molar-refractivity contribution in [3.8, 4) is 0 Å². The van der Waals surface area contributed by atoms with Gasteiger partial charge in [0.2, 0.25) is 5.91 Å². The van der Waals surface area contributed by atoms with Gasteiger partial charge >= 0.3 is 0 Å². The first-order chi connectivity index (χ1) is 10.3. The SMILES string of the molecule is O=C(NCCNCc1ccn(C2CCCCC2)n1)C1CC1. The largest absolute Gasteiger partial charge is 0.355 e. The van der Waals surface area contributed by atoms with Crippen LogP contribution in [-0.4, -0.2) is 28.8 Å². The minimum atomic E-state index is 0.221. The highest BCUT2D eigenvalue weighted by Crippen LogP contribution is 2.28. The van der Waals surface area contributed by atoms with E-state index in [4.69, 9.17) is 0 Å². The van der Waals surface area contributed by atoms with Crippen LogP contribution >= 0.6 is 0 Å². The summed E-state index contributed by atoms with van der Waals surface area (Å²) in [7, 11) is 0. The van der Waals surface area contributed by atoms with Crippen molar-refractivity contribution < 1.29 is 4.79 Å². The normalized spacial score (nSPS) is 19.6. The van der Waals surface area contributed by atoms with E-state index in [-0.39, 0.29) is 5.91 Å². The summed E-state index contributed by atoms with van der Waals surface area (Å²) in [6.07, 6.45) is 10.8. The molecule has 21 heavy (non-hydrogen) atoms. The van der Waals surface area contributed by atoms with E-state index in [1.165, 1.54) is 32.1 Å². The average Bonchev–Trinajstić information content (AvgIpc) is 3.27. The lowest BCUT2D eigenvalue weighted by Crippen LogP contribution is -2.32. The molecule has 0 saturated heterocycles. The Balaban J connectivity index is 1.33. The molecule has 0 aromatic carbocycles. The van der Waals surface area contributed by atoms with Crippen molar-refractivity contribution in [2.24, 2.45) is 5.92 Å². The van der Waals surface area contributed by atoms with Gasteiger partial charge in [0.15, 0.2) is 0 Å². The van der Waals surface area contributed by atoms with Crippen molar-refractivity contribution in [1.82, 2.24) is 20.4 Å². The van der Waals surface area contributed by atoms with Crippen LogP contribution in [0.4, 0.5) is 0 Å². The number of carbonyl (C=O) groups excluding carboxylic acids is 1.